The van der Waals surface area contributed by atoms with Gasteiger partial charge in [-0.3, -0.25) is 14.9 Å². The van der Waals surface area contributed by atoms with E-state index in [1.165, 1.54) is 5.56 Å². The van der Waals surface area contributed by atoms with E-state index in [1.807, 2.05) is 20.0 Å². The highest BCUT2D eigenvalue weighted by atomic mass is 16.5. The molecule has 1 fully saturated rings. The van der Waals surface area contributed by atoms with E-state index in [1.54, 1.807) is 25.7 Å². The van der Waals surface area contributed by atoms with Gasteiger partial charge in [-0.1, -0.05) is 6.07 Å². The number of hydrogen-bond acceptors (Lipinski definition) is 7. The van der Waals surface area contributed by atoms with Crippen LogP contribution >= 0.6 is 0 Å². The average Bonchev–Trinajstić information content (AvgIpc) is 2.82. The zero-order valence-electron chi connectivity index (χ0n) is 19.7. The Kier molecular flexibility index (Phi) is 7.86. The van der Waals surface area contributed by atoms with Crippen molar-refractivity contribution in [3.05, 3.63) is 71.9 Å². The van der Waals surface area contributed by atoms with Crippen LogP contribution in [0.5, 0.6) is 5.75 Å². The van der Waals surface area contributed by atoms with Crippen LogP contribution in [0.3, 0.4) is 0 Å². The SMILES string of the molecule is COCc1cc(CN2CCC(c3ccc(Nc4cnccn4)cn3)CC2)ccc1OC(C)C. The summed E-state index contributed by atoms with van der Waals surface area (Å²) in [5.74, 6) is 2.13. The van der Waals surface area contributed by atoms with Crippen molar-refractivity contribution in [1.82, 2.24) is 19.9 Å². The molecule has 2 aromatic heterocycles. The minimum absolute atomic E-state index is 0.149. The lowest BCUT2D eigenvalue weighted by molar-refractivity contribution is 0.174. The van der Waals surface area contributed by atoms with Crippen molar-refractivity contribution in [2.45, 2.75) is 51.9 Å². The summed E-state index contributed by atoms with van der Waals surface area (Å²) in [6, 6.07) is 10.7. The molecule has 0 radical (unpaired) electrons. The third-order valence-corrected chi connectivity index (χ3v) is 5.82. The topological polar surface area (TPSA) is 72.4 Å². The smallest absolute Gasteiger partial charge is 0.148 e. The van der Waals surface area contributed by atoms with Crippen molar-refractivity contribution >= 4 is 11.5 Å². The summed E-state index contributed by atoms with van der Waals surface area (Å²) in [4.78, 5) is 15.6. The third-order valence-electron chi connectivity index (χ3n) is 5.82. The maximum atomic E-state index is 5.94. The number of piperidine rings is 1. The molecule has 1 aliphatic heterocycles. The molecule has 0 saturated carbocycles. The van der Waals surface area contributed by atoms with Crippen molar-refractivity contribution in [2.24, 2.45) is 0 Å². The standard InChI is InChI=1S/C26H33N5O2/c1-19(2)33-25-7-4-20(14-22(25)18-32-3)17-31-12-8-21(9-13-31)24-6-5-23(15-29-24)30-26-16-27-10-11-28-26/h4-7,10-11,14-16,19,21H,8-9,12-13,17-18H2,1-3H3,(H,28,30). The molecule has 1 aromatic carbocycles. The first-order valence-corrected chi connectivity index (χ1v) is 11.6. The lowest BCUT2D eigenvalue weighted by atomic mass is 9.92. The fraction of sp³-hybridized carbons (Fsp3) is 0.423. The number of likely N-dealkylation sites (tertiary alicyclic amines) is 1. The molecule has 4 rings (SSSR count). The van der Waals surface area contributed by atoms with E-state index in [9.17, 15) is 0 Å². The summed E-state index contributed by atoms with van der Waals surface area (Å²) in [7, 11) is 1.73. The van der Waals surface area contributed by atoms with Gasteiger partial charge in [-0.2, -0.15) is 0 Å². The van der Waals surface area contributed by atoms with E-state index in [0.29, 0.717) is 12.5 Å². The molecule has 0 amide bonds. The van der Waals surface area contributed by atoms with Crippen LogP contribution in [0.1, 0.15) is 49.4 Å². The molecule has 0 aliphatic carbocycles. The minimum atomic E-state index is 0.149. The quantitative estimate of drug-likeness (QED) is 0.499. The highest BCUT2D eigenvalue weighted by Gasteiger charge is 2.22. The summed E-state index contributed by atoms with van der Waals surface area (Å²) in [5.41, 5.74) is 4.50. The number of aromatic nitrogens is 3. The molecule has 3 heterocycles. The van der Waals surface area contributed by atoms with Gasteiger partial charge in [0.15, 0.2) is 0 Å². The number of anilines is 2. The van der Waals surface area contributed by atoms with E-state index in [0.717, 1.165) is 61.0 Å². The van der Waals surface area contributed by atoms with E-state index in [4.69, 9.17) is 14.5 Å². The molecule has 0 spiro atoms. The van der Waals surface area contributed by atoms with Gasteiger partial charge in [-0.05, 0) is 69.6 Å². The number of benzene rings is 1. The molecule has 1 aliphatic rings. The number of ether oxygens (including phenoxy) is 2. The Hall–Kier alpha value is -3.03. The molecule has 174 valence electrons. The van der Waals surface area contributed by atoms with Crippen LogP contribution in [0, 0.1) is 0 Å². The van der Waals surface area contributed by atoms with Crippen molar-refractivity contribution in [1.29, 1.82) is 0 Å². The molecule has 33 heavy (non-hydrogen) atoms. The number of nitrogens with one attached hydrogen (secondary N) is 1. The Morgan fingerprint density at radius 1 is 1.06 bits per heavy atom. The van der Waals surface area contributed by atoms with Crippen molar-refractivity contribution in [2.75, 3.05) is 25.5 Å². The molecule has 0 unspecified atom stereocenters. The van der Waals surface area contributed by atoms with Crippen molar-refractivity contribution in [3.63, 3.8) is 0 Å². The van der Waals surface area contributed by atoms with Gasteiger partial charge in [0, 0.05) is 43.2 Å². The molecule has 7 nitrogen and oxygen atoms in total. The second-order valence-electron chi connectivity index (χ2n) is 8.78. The summed E-state index contributed by atoms with van der Waals surface area (Å²) in [6.45, 7) is 7.73. The van der Waals surface area contributed by atoms with Gasteiger partial charge >= 0.3 is 0 Å². The first kappa shape index (κ1) is 23.1. The maximum Gasteiger partial charge on any atom is 0.148 e. The molecule has 0 atom stereocenters. The van der Waals surface area contributed by atoms with Gasteiger partial charge in [0.2, 0.25) is 0 Å². The summed E-state index contributed by atoms with van der Waals surface area (Å²) in [6.07, 6.45) is 9.29. The highest BCUT2D eigenvalue weighted by Crippen LogP contribution is 2.29. The average molecular weight is 448 g/mol. The number of rotatable bonds is 9. The van der Waals surface area contributed by atoms with Crippen LogP contribution in [-0.2, 0) is 17.9 Å². The first-order chi connectivity index (χ1) is 16.1. The summed E-state index contributed by atoms with van der Waals surface area (Å²) < 4.78 is 11.3. The van der Waals surface area contributed by atoms with Crippen LogP contribution < -0.4 is 10.1 Å². The van der Waals surface area contributed by atoms with Crippen LogP contribution in [-0.4, -0.2) is 46.2 Å². The van der Waals surface area contributed by atoms with Gasteiger partial charge in [0.05, 0.1) is 30.8 Å². The highest BCUT2D eigenvalue weighted by molar-refractivity contribution is 5.53. The van der Waals surface area contributed by atoms with E-state index in [-0.39, 0.29) is 6.10 Å². The Balaban J connectivity index is 1.31. The van der Waals surface area contributed by atoms with Gasteiger partial charge in [0.25, 0.3) is 0 Å². The number of pyridine rings is 1. The fourth-order valence-electron chi connectivity index (χ4n) is 4.25. The van der Waals surface area contributed by atoms with Crippen molar-refractivity contribution < 1.29 is 9.47 Å². The second-order valence-corrected chi connectivity index (χ2v) is 8.78. The third kappa shape index (κ3) is 6.49. The lowest BCUT2D eigenvalue weighted by Crippen LogP contribution is -2.32. The van der Waals surface area contributed by atoms with Gasteiger partial charge in [-0.25, -0.2) is 4.98 Å². The van der Waals surface area contributed by atoms with E-state index in [2.05, 4.69) is 50.5 Å². The summed E-state index contributed by atoms with van der Waals surface area (Å²) in [5, 5.41) is 3.23. The van der Waals surface area contributed by atoms with Gasteiger partial charge in [0.1, 0.15) is 11.6 Å². The van der Waals surface area contributed by atoms with Crippen LogP contribution in [0.2, 0.25) is 0 Å². The number of methoxy groups -OCH3 is 1. The Morgan fingerprint density at radius 3 is 2.58 bits per heavy atom. The van der Waals surface area contributed by atoms with Gasteiger partial charge < -0.3 is 14.8 Å². The predicted octanol–water partition coefficient (Wildman–Crippen LogP) is 4.93. The fourth-order valence-corrected chi connectivity index (χ4v) is 4.25. The predicted molar refractivity (Wildman–Crippen MR) is 130 cm³/mol. The van der Waals surface area contributed by atoms with E-state index >= 15 is 0 Å². The number of nitrogens with zero attached hydrogens (tertiary/aromatic N) is 4. The van der Waals surface area contributed by atoms with Crippen LogP contribution in [0.25, 0.3) is 0 Å². The molecule has 3 aromatic rings. The zero-order valence-corrected chi connectivity index (χ0v) is 19.7. The first-order valence-electron chi connectivity index (χ1n) is 11.6. The molecule has 7 heteroatoms. The van der Waals surface area contributed by atoms with Gasteiger partial charge in [-0.15, -0.1) is 0 Å². The monoisotopic (exact) mass is 447 g/mol. The van der Waals surface area contributed by atoms with Crippen LogP contribution in [0.15, 0.2) is 55.1 Å². The Morgan fingerprint density at radius 2 is 1.91 bits per heavy atom. The van der Waals surface area contributed by atoms with Crippen LogP contribution in [0.4, 0.5) is 11.5 Å². The normalized spacial score (nSPS) is 15.0. The van der Waals surface area contributed by atoms with Crippen molar-refractivity contribution in [3.8, 4) is 5.75 Å². The molecular formula is C26H33N5O2. The Bertz CT molecular complexity index is 1000. The lowest BCUT2D eigenvalue weighted by Gasteiger charge is -2.32. The number of hydrogen-bond donors (Lipinski definition) is 1. The molecule has 1 N–H and O–H groups in total. The van der Waals surface area contributed by atoms with E-state index < -0.39 is 0 Å². The molecule has 1 saturated heterocycles. The minimum Gasteiger partial charge on any atom is -0.491 e. The largest absolute Gasteiger partial charge is 0.491 e. The molecular weight excluding hydrogens is 414 g/mol. The Labute approximate surface area is 196 Å². The summed E-state index contributed by atoms with van der Waals surface area (Å²) >= 11 is 0. The maximum absolute atomic E-state index is 5.94. The second kappa shape index (κ2) is 11.2. The zero-order chi connectivity index (χ0) is 23.0. The molecule has 0 bridgehead atoms.